The van der Waals surface area contributed by atoms with Gasteiger partial charge in [0.1, 0.15) is 54.4 Å². The van der Waals surface area contributed by atoms with Gasteiger partial charge in [0.15, 0.2) is 32.8 Å². The molecule has 0 aliphatic carbocycles. The van der Waals surface area contributed by atoms with Gasteiger partial charge in [-0.05, 0) is 112 Å². The zero-order valence-electron chi connectivity index (χ0n) is 46.8. The standard InChI is InChI=1S/C65H55N13O6S/c1-44(85(79,80)65(2,3)4)41-75(5)57-26-21-49(84-50-20-23-52-56(40-50)67-33-31-59(52)83-43-64-72-70-62-29-25-54(74-78(62)64)46-16-10-7-11-17-46)38-47(57)18-27-60-68-34-36-76(60)35-12-13-37-81-48-19-22-51-55(39-48)66-32-30-58(51)82-42-63-71-69-61-28-24-53(73-77(61)63)45-14-8-6-9-15-45/h6-11,14-34,36,38-40H,1,35,37,41-43H2,2-5H3. The molecule has 0 saturated carbocycles. The van der Waals surface area contributed by atoms with E-state index in [0.29, 0.717) is 75.1 Å². The Labute approximate surface area is 489 Å². The van der Waals surface area contributed by atoms with Crippen LogP contribution in [0, 0.1) is 11.8 Å². The van der Waals surface area contributed by atoms with Gasteiger partial charge < -0.3 is 28.4 Å². The molecule has 0 N–H and O–H groups in total. The molecule has 0 saturated heterocycles. The van der Waals surface area contributed by atoms with Crippen molar-refractivity contribution < 1.29 is 27.4 Å². The van der Waals surface area contributed by atoms with Crippen LogP contribution in [0.15, 0.2) is 188 Å². The molecule has 12 aromatic rings. The van der Waals surface area contributed by atoms with Gasteiger partial charge in [0, 0.05) is 77.1 Å². The quantitative estimate of drug-likeness (QED) is 0.0691. The molecule has 0 unspecified atom stereocenters. The van der Waals surface area contributed by atoms with Gasteiger partial charge in [-0.1, -0.05) is 79.1 Å². The van der Waals surface area contributed by atoms with Crippen molar-refractivity contribution in [3.05, 3.63) is 211 Å². The summed E-state index contributed by atoms with van der Waals surface area (Å²) in [5.41, 5.74) is 7.61. The summed E-state index contributed by atoms with van der Waals surface area (Å²) in [5, 5.41) is 28.4. The third kappa shape index (κ3) is 12.0. The normalized spacial score (nSPS) is 11.8. The number of hydrogen-bond acceptors (Lipinski definition) is 16. The summed E-state index contributed by atoms with van der Waals surface area (Å²) in [6.07, 6.45) is 10.7. The number of pyridine rings is 2. The van der Waals surface area contributed by atoms with Gasteiger partial charge in [0.2, 0.25) is 0 Å². The highest BCUT2D eigenvalue weighted by Crippen LogP contribution is 2.35. The second-order valence-electron chi connectivity index (χ2n) is 20.7. The van der Waals surface area contributed by atoms with Crippen molar-refractivity contribution >= 4 is 60.8 Å². The van der Waals surface area contributed by atoms with Crippen LogP contribution >= 0.6 is 0 Å². The number of anilines is 1. The molecule has 0 atom stereocenters. The molecule has 0 amide bonds. The van der Waals surface area contributed by atoms with Crippen LogP contribution in [-0.4, -0.2) is 92.5 Å². The van der Waals surface area contributed by atoms with E-state index in [4.69, 9.17) is 29.1 Å². The molecule has 7 heterocycles. The van der Waals surface area contributed by atoms with Crippen LogP contribution in [-0.2, 0) is 29.6 Å². The SMILES string of the molecule is C=C(CN(C)c1ccc(Oc2ccc3c(OCc4nnc5ccc(-c6ccccc6)nn45)ccnc3c2)cc1C=Cc1nccn1CC#CCOc1ccc2c(OCc3nnc4ccc(-c5ccccc5)nn34)ccnc2c1)S(=O)(=O)C(C)(C)C. The molecular weight excluding hydrogens is 1090 g/mol. The lowest BCUT2D eigenvalue weighted by Gasteiger charge is -2.26. The first kappa shape index (κ1) is 54.8. The Balaban J connectivity index is 0.715. The molecule has 0 radical (unpaired) electrons. The highest BCUT2D eigenvalue weighted by atomic mass is 32.2. The van der Waals surface area contributed by atoms with Crippen LogP contribution in [0.5, 0.6) is 28.7 Å². The topological polar surface area (TPSA) is 204 Å². The Bertz CT molecular complexity index is 4660. The van der Waals surface area contributed by atoms with E-state index in [9.17, 15) is 8.42 Å². The third-order valence-corrected chi connectivity index (χ3v) is 16.4. The molecule has 12 rings (SSSR count). The lowest BCUT2D eigenvalue weighted by atomic mass is 10.1. The number of rotatable bonds is 19. The average molecular weight is 1150 g/mol. The Morgan fingerprint density at radius 3 is 1.78 bits per heavy atom. The molecule has 422 valence electrons. The Kier molecular flexibility index (Phi) is 15.2. The fourth-order valence-corrected chi connectivity index (χ4v) is 10.7. The number of hydrogen-bond donors (Lipinski definition) is 0. The fraction of sp³-hybridized carbons (Fsp3) is 0.154. The maximum absolute atomic E-state index is 13.4. The van der Waals surface area contributed by atoms with Gasteiger partial charge >= 0.3 is 0 Å². The van der Waals surface area contributed by atoms with Crippen LogP contribution < -0.4 is 23.8 Å². The van der Waals surface area contributed by atoms with Crippen molar-refractivity contribution in [3.8, 4) is 63.1 Å². The van der Waals surface area contributed by atoms with Gasteiger partial charge in [-0.15, -0.1) is 20.4 Å². The molecule has 0 fully saturated rings. The van der Waals surface area contributed by atoms with E-state index in [1.807, 2.05) is 180 Å². The Morgan fingerprint density at radius 1 is 0.612 bits per heavy atom. The van der Waals surface area contributed by atoms with E-state index in [-0.39, 0.29) is 31.3 Å². The van der Waals surface area contributed by atoms with Crippen molar-refractivity contribution in [2.24, 2.45) is 0 Å². The van der Waals surface area contributed by atoms with E-state index in [1.165, 1.54) is 0 Å². The predicted octanol–water partition coefficient (Wildman–Crippen LogP) is 11.6. The second-order valence-corrected chi connectivity index (χ2v) is 23.5. The lowest BCUT2D eigenvalue weighted by molar-refractivity contribution is 0.296. The lowest BCUT2D eigenvalue weighted by Crippen LogP contribution is -2.33. The molecule has 0 aliphatic rings. The summed E-state index contributed by atoms with van der Waals surface area (Å²) in [4.78, 5) is 15.8. The molecular formula is C65H55N13O6S. The van der Waals surface area contributed by atoms with Gasteiger partial charge in [-0.2, -0.15) is 19.2 Å². The van der Waals surface area contributed by atoms with Gasteiger partial charge in [-0.25, -0.2) is 13.4 Å². The van der Waals surface area contributed by atoms with Crippen LogP contribution in [0.1, 0.15) is 43.8 Å². The molecule has 19 nitrogen and oxygen atoms in total. The van der Waals surface area contributed by atoms with Crippen LogP contribution in [0.25, 0.3) is 67.8 Å². The minimum Gasteiger partial charge on any atom is -0.485 e. The van der Waals surface area contributed by atoms with Gasteiger partial charge in [-0.3, -0.25) is 9.97 Å². The van der Waals surface area contributed by atoms with E-state index < -0.39 is 14.6 Å². The summed E-state index contributed by atoms with van der Waals surface area (Å²) in [6.45, 7) is 9.80. The number of benzene rings is 5. The molecule has 85 heavy (non-hydrogen) atoms. The number of nitrogens with zero attached hydrogens (tertiary/aromatic N) is 13. The maximum Gasteiger partial charge on any atom is 0.192 e. The zero-order chi connectivity index (χ0) is 58.5. The summed E-state index contributed by atoms with van der Waals surface area (Å²) >= 11 is 0. The monoisotopic (exact) mass is 1150 g/mol. The highest BCUT2D eigenvalue weighted by Gasteiger charge is 2.32. The Hall–Kier alpha value is -10.8. The van der Waals surface area contributed by atoms with Crippen molar-refractivity contribution in [1.82, 2.24) is 59.1 Å². The smallest absolute Gasteiger partial charge is 0.192 e. The summed E-state index contributed by atoms with van der Waals surface area (Å²) in [6, 6.07) is 47.9. The van der Waals surface area contributed by atoms with Crippen molar-refractivity contribution in [1.29, 1.82) is 0 Å². The van der Waals surface area contributed by atoms with E-state index in [1.54, 1.807) is 54.5 Å². The van der Waals surface area contributed by atoms with E-state index in [2.05, 4.69) is 53.8 Å². The first-order valence-electron chi connectivity index (χ1n) is 27.1. The predicted molar refractivity (Wildman–Crippen MR) is 327 cm³/mol. The summed E-state index contributed by atoms with van der Waals surface area (Å²) in [5.74, 6) is 11.0. The molecule has 20 heteroatoms. The van der Waals surface area contributed by atoms with E-state index >= 15 is 0 Å². The first-order valence-corrected chi connectivity index (χ1v) is 28.6. The summed E-state index contributed by atoms with van der Waals surface area (Å²) < 4.78 is 56.3. The van der Waals surface area contributed by atoms with Gasteiger partial charge in [0.25, 0.3) is 0 Å². The summed E-state index contributed by atoms with van der Waals surface area (Å²) in [7, 11) is -1.83. The molecule has 0 spiro atoms. The number of imidazole rings is 1. The van der Waals surface area contributed by atoms with Crippen molar-refractivity contribution in [2.45, 2.75) is 45.3 Å². The number of ether oxygens (including phenoxy) is 4. The average Bonchev–Trinajstić information content (AvgIpc) is 4.46. The largest absolute Gasteiger partial charge is 0.485 e. The minimum absolute atomic E-state index is 0.0645. The zero-order valence-corrected chi connectivity index (χ0v) is 47.6. The number of sulfone groups is 1. The number of likely N-dealkylation sites (N-methyl/N-ethyl adjacent to an activating group) is 1. The molecule has 7 aromatic heterocycles. The van der Waals surface area contributed by atoms with Crippen LogP contribution in [0.4, 0.5) is 5.69 Å². The highest BCUT2D eigenvalue weighted by molar-refractivity contribution is 7.96. The molecule has 5 aromatic carbocycles. The number of fused-ring (bicyclic) bond motifs is 4. The van der Waals surface area contributed by atoms with Crippen LogP contribution in [0.2, 0.25) is 0 Å². The van der Waals surface area contributed by atoms with Gasteiger partial charge in [0.05, 0.1) is 45.2 Å². The Morgan fingerprint density at radius 2 is 1.18 bits per heavy atom. The van der Waals surface area contributed by atoms with Crippen molar-refractivity contribution in [3.63, 3.8) is 0 Å². The van der Waals surface area contributed by atoms with E-state index in [0.717, 1.165) is 44.5 Å². The van der Waals surface area contributed by atoms with Crippen molar-refractivity contribution in [2.75, 3.05) is 25.1 Å². The minimum atomic E-state index is -3.66. The third-order valence-electron chi connectivity index (χ3n) is 13.9. The maximum atomic E-state index is 13.4. The second kappa shape index (κ2) is 23.6. The first-order chi connectivity index (χ1) is 41.3. The molecule has 0 bridgehead atoms. The molecule has 0 aliphatic heterocycles. The number of aromatic nitrogens is 12. The van der Waals surface area contributed by atoms with Crippen LogP contribution in [0.3, 0.4) is 0 Å². The fourth-order valence-electron chi connectivity index (χ4n) is 9.44.